The van der Waals surface area contributed by atoms with Gasteiger partial charge in [-0.2, -0.15) is 0 Å². The van der Waals surface area contributed by atoms with E-state index in [1.54, 1.807) is 0 Å². The summed E-state index contributed by atoms with van der Waals surface area (Å²) >= 11 is 0. The van der Waals surface area contributed by atoms with E-state index in [2.05, 4.69) is 67.2 Å². The van der Waals surface area contributed by atoms with Gasteiger partial charge < -0.3 is 5.32 Å². The van der Waals surface area contributed by atoms with Crippen molar-refractivity contribution in [1.82, 2.24) is 15.3 Å². The molecule has 3 heteroatoms. The van der Waals surface area contributed by atoms with Crippen LogP contribution in [0.25, 0.3) is 0 Å². The molecule has 1 aromatic heterocycles. The molecule has 0 aliphatic rings. The van der Waals surface area contributed by atoms with Crippen molar-refractivity contribution in [2.24, 2.45) is 0 Å². The Balaban J connectivity index is 2.05. The fourth-order valence-electron chi connectivity index (χ4n) is 2.38. The van der Waals surface area contributed by atoms with Gasteiger partial charge in [0.25, 0.3) is 0 Å². The van der Waals surface area contributed by atoms with Crippen molar-refractivity contribution >= 4 is 0 Å². The lowest BCUT2D eigenvalue weighted by Gasteiger charge is -2.13. The maximum absolute atomic E-state index is 4.68. The lowest BCUT2D eigenvalue weighted by Crippen LogP contribution is -2.23. The van der Waals surface area contributed by atoms with Crippen LogP contribution in [-0.4, -0.2) is 16.0 Å². The molecule has 0 aliphatic carbocycles. The van der Waals surface area contributed by atoms with Crippen LogP contribution in [0.1, 0.15) is 42.2 Å². The normalized spacial score (nSPS) is 11.1. The monoisotopic (exact) mass is 283 g/mol. The van der Waals surface area contributed by atoms with Gasteiger partial charge in [-0.25, -0.2) is 9.97 Å². The molecule has 0 bridgehead atoms. The highest BCUT2D eigenvalue weighted by atomic mass is 14.9. The highest BCUT2D eigenvalue weighted by Gasteiger charge is 2.09. The first-order valence-electron chi connectivity index (χ1n) is 7.66. The zero-order chi connectivity index (χ0) is 15.2. The van der Waals surface area contributed by atoms with Crippen LogP contribution in [-0.2, 0) is 19.4 Å². The van der Waals surface area contributed by atoms with E-state index in [0.29, 0.717) is 6.04 Å². The van der Waals surface area contributed by atoms with Crippen molar-refractivity contribution in [3.63, 3.8) is 0 Å². The second kappa shape index (κ2) is 7.32. The van der Waals surface area contributed by atoms with Gasteiger partial charge in [0.1, 0.15) is 5.82 Å². The van der Waals surface area contributed by atoms with Gasteiger partial charge in [-0.15, -0.1) is 0 Å². The predicted molar refractivity (Wildman–Crippen MR) is 87.3 cm³/mol. The average molecular weight is 283 g/mol. The Kier molecular flexibility index (Phi) is 5.45. The van der Waals surface area contributed by atoms with Gasteiger partial charge in [0.05, 0.1) is 0 Å². The van der Waals surface area contributed by atoms with Crippen LogP contribution in [0.15, 0.2) is 30.3 Å². The molecular weight excluding hydrogens is 258 g/mol. The second-order valence-electron chi connectivity index (χ2n) is 5.81. The van der Waals surface area contributed by atoms with Crippen LogP contribution in [0.2, 0.25) is 0 Å². The van der Waals surface area contributed by atoms with E-state index in [0.717, 1.165) is 36.6 Å². The zero-order valence-electron chi connectivity index (χ0n) is 13.5. The summed E-state index contributed by atoms with van der Waals surface area (Å²) in [6, 6.07) is 11.0. The first kappa shape index (κ1) is 15.6. The Bertz CT molecular complexity index is 553. The molecule has 0 fully saturated rings. The molecular formula is C18H25N3. The van der Waals surface area contributed by atoms with Gasteiger partial charge in [-0.05, 0) is 25.8 Å². The van der Waals surface area contributed by atoms with E-state index in [1.165, 1.54) is 11.1 Å². The third-order valence-corrected chi connectivity index (χ3v) is 3.63. The smallest absolute Gasteiger partial charge is 0.129 e. The first-order valence-corrected chi connectivity index (χ1v) is 7.66. The fraction of sp³-hybridized carbons (Fsp3) is 0.444. The number of nitrogens with zero attached hydrogens (tertiary/aromatic N) is 2. The van der Waals surface area contributed by atoms with Crippen LogP contribution in [0.5, 0.6) is 0 Å². The fourth-order valence-corrected chi connectivity index (χ4v) is 2.38. The molecule has 0 aliphatic heterocycles. The summed E-state index contributed by atoms with van der Waals surface area (Å²) < 4.78 is 0. The minimum atomic E-state index is 0.474. The SMILES string of the molecule is Cc1nc(CCc2ccccc2)nc(C)c1CNC(C)C. The number of rotatable bonds is 6. The summed E-state index contributed by atoms with van der Waals surface area (Å²) in [5.41, 5.74) is 4.76. The van der Waals surface area contributed by atoms with Crippen LogP contribution < -0.4 is 5.32 Å². The van der Waals surface area contributed by atoms with Crippen molar-refractivity contribution in [1.29, 1.82) is 0 Å². The largest absolute Gasteiger partial charge is 0.310 e. The number of nitrogens with one attached hydrogen (secondary N) is 1. The summed E-state index contributed by atoms with van der Waals surface area (Å²) in [5.74, 6) is 0.946. The third-order valence-electron chi connectivity index (χ3n) is 3.63. The van der Waals surface area contributed by atoms with Crippen LogP contribution in [0, 0.1) is 13.8 Å². The van der Waals surface area contributed by atoms with Crippen molar-refractivity contribution < 1.29 is 0 Å². The van der Waals surface area contributed by atoms with Crippen LogP contribution in [0.3, 0.4) is 0 Å². The molecule has 0 unspecified atom stereocenters. The van der Waals surface area contributed by atoms with E-state index < -0.39 is 0 Å². The molecule has 3 nitrogen and oxygen atoms in total. The standard InChI is InChI=1S/C18H25N3/c1-13(2)19-12-17-14(3)20-18(21-15(17)4)11-10-16-8-6-5-7-9-16/h5-9,13,19H,10-12H2,1-4H3. The molecule has 0 radical (unpaired) electrons. The number of aromatic nitrogens is 2. The van der Waals surface area contributed by atoms with Gasteiger partial charge in [-0.1, -0.05) is 44.2 Å². The van der Waals surface area contributed by atoms with Crippen LogP contribution >= 0.6 is 0 Å². The summed E-state index contributed by atoms with van der Waals surface area (Å²) in [7, 11) is 0. The Morgan fingerprint density at radius 2 is 1.57 bits per heavy atom. The number of hydrogen-bond acceptors (Lipinski definition) is 3. The molecule has 112 valence electrons. The Labute approximate surface area is 127 Å². The molecule has 2 aromatic rings. The Hall–Kier alpha value is -1.74. The Morgan fingerprint density at radius 3 is 2.14 bits per heavy atom. The molecule has 0 saturated heterocycles. The number of aryl methyl sites for hydroxylation is 4. The quantitative estimate of drug-likeness (QED) is 0.883. The van der Waals surface area contributed by atoms with Gasteiger partial charge in [0.15, 0.2) is 0 Å². The van der Waals surface area contributed by atoms with E-state index in [1.807, 2.05) is 6.07 Å². The summed E-state index contributed by atoms with van der Waals surface area (Å²) in [5, 5.41) is 3.44. The summed E-state index contributed by atoms with van der Waals surface area (Å²) in [6.45, 7) is 9.31. The lowest BCUT2D eigenvalue weighted by molar-refractivity contribution is 0.581. The Morgan fingerprint density at radius 1 is 0.952 bits per heavy atom. The minimum absolute atomic E-state index is 0.474. The van der Waals surface area contributed by atoms with Crippen molar-refractivity contribution in [2.75, 3.05) is 0 Å². The lowest BCUT2D eigenvalue weighted by atomic mass is 10.1. The van der Waals surface area contributed by atoms with Crippen molar-refractivity contribution in [2.45, 2.75) is 53.1 Å². The molecule has 0 saturated carbocycles. The van der Waals surface area contributed by atoms with E-state index in [-0.39, 0.29) is 0 Å². The average Bonchev–Trinajstić information content (AvgIpc) is 2.45. The maximum atomic E-state index is 4.68. The van der Waals surface area contributed by atoms with Crippen molar-refractivity contribution in [3.8, 4) is 0 Å². The molecule has 0 amide bonds. The molecule has 2 rings (SSSR count). The topological polar surface area (TPSA) is 37.8 Å². The van der Waals surface area contributed by atoms with Gasteiger partial charge in [0.2, 0.25) is 0 Å². The van der Waals surface area contributed by atoms with Crippen molar-refractivity contribution in [3.05, 3.63) is 58.7 Å². The molecule has 0 spiro atoms. The molecule has 1 aromatic carbocycles. The summed E-state index contributed by atoms with van der Waals surface area (Å²) in [4.78, 5) is 9.35. The van der Waals surface area contributed by atoms with E-state index in [9.17, 15) is 0 Å². The molecule has 21 heavy (non-hydrogen) atoms. The molecule has 0 atom stereocenters. The van der Waals surface area contributed by atoms with E-state index in [4.69, 9.17) is 0 Å². The highest BCUT2D eigenvalue weighted by molar-refractivity contribution is 5.25. The zero-order valence-corrected chi connectivity index (χ0v) is 13.5. The molecule has 1 heterocycles. The third kappa shape index (κ3) is 4.64. The number of benzene rings is 1. The van der Waals surface area contributed by atoms with Crippen LogP contribution in [0.4, 0.5) is 0 Å². The summed E-state index contributed by atoms with van der Waals surface area (Å²) in [6.07, 6.45) is 1.88. The maximum Gasteiger partial charge on any atom is 0.129 e. The number of hydrogen-bond donors (Lipinski definition) is 1. The van der Waals surface area contributed by atoms with Gasteiger partial charge >= 0.3 is 0 Å². The minimum Gasteiger partial charge on any atom is -0.310 e. The second-order valence-corrected chi connectivity index (χ2v) is 5.81. The van der Waals surface area contributed by atoms with Gasteiger partial charge in [0, 0.05) is 36.0 Å². The predicted octanol–water partition coefficient (Wildman–Crippen LogP) is 3.38. The first-order chi connectivity index (χ1) is 10.1. The van der Waals surface area contributed by atoms with E-state index >= 15 is 0 Å². The van der Waals surface area contributed by atoms with Gasteiger partial charge in [-0.3, -0.25) is 0 Å². The highest BCUT2D eigenvalue weighted by Crippen LogP contribution is 2.12. The molecule has 1 N–H and O–H groups in total.